The summed E-state index contributed by atoms with van der Waals surface area (Å²) in [6.07, 6.45) is 1.36. The van der Waals surface area contributed by atoms with E-state index in [4.69, 9.17) is 0 Å². The monoisotopic (exact) mass is 178 g/mol. The average Bonchev–Trinajstić information content (AvgIpc) is 2.54. The van der Waals surface area contributed by atoms with E-state index in [0.717, 1.165) is 11.2 Å². The highest BCUT2D eigenvalue weighted by Gasteiger charge is 2.22. The molecule has 2 atom stereocenters. The predicted octanol–water partition coefficient (Wildman–Crippen LogP) is 3.30. The highest BCUT2D eigenvalue weighted by molar-refractivity contribution is 8.00. The Morgan fingerprint density at radius 2 is 2.00 bits per heavy atom. The van der Waals surface area contributed by atoms with Crippen LogP contribution >= 0.6 is 11.8 Å². The summed E-state index contributed by atoms with van der Waals surface area (Å²) in [5.74, 6) is 2.12. The second-order valence-electron chi connectivity index (χ2n) is 3.49. The van der Waals surface area contributed by atoms with Gasteiger partial charge in [-0.1, -0.05) is 37.3 Å². The van der Waals surface area contributed by atoms with Crippen molar-refractivity contribution in [3.8, 4) is 0 Å². The third kappa shape index (κ3) is 1.66. The number of benzene rings is 1. The SMILES string of the molecule is CC1CC(c2ccccc2)CS1. The molecule has 1 aromatic rings. The van der Waals surface area contributed by atoms with Crippen molar-refractivity contribution in [1.82, 2.24) is 0 Å². The van der Waals surface area contributed by atoms with Gasteiger partial charge in [-0.25, -0.2) is 0 Å². The minimum absolute atomic E-state index is 0.811. The van der Waals surface area contributed by atoms with Crippen molar-refractivity contribution < 1.29 is 0 Å². The van der Waals surface area contributed by atoms with E-state index >= 15 is 0 Å². The van der Waals surface area contributed by atoms with Crippen LogP contribution in [0.4, 0.5) is 0 Å². The lowest BCUT2D eigenvalue weighted by atomic mass is 9.97. The molecule has 1 heterocycles. The molecule has 0 spiro atoms. The fourth-order valence-corrected chi connectivity index (χ4v) is 3.03. The summed E-state index contributed by atoms with van der Waals surface area (Å²) in [6, 6.07) is 10.9. The quantitative estimate of drug-likeness (QED) is 0.636. The Morgan fingerprint density at radius 1 is 1.25 bits per heavy atom. The Labute approximate surface area is 78.4 Å². The van der Waals surface area contributed by atoms with Gasteiger partial charge in [-0.3, -0.25) is 0 Å². The van der Waals surface area contributed by atoms with E-state index < -0.39 is 0 Å². The Morgan fingerprint density at radius 3 is 2.58 bits per heavy atom. The predicted molar refractivity (Wildman–Crippen MR) is 55.7 cm³/mol. The summed E-state index contributed by atoms with van der Waals surface area (Å²) < 4.78 is 0. The summed E-state index contributed by atoms with van der Waals surface area (Å²) in [5.41, 5.74) is 1.52. The van der Waals surface area contributed by atoms with E-state index in [2.05, 4.69) is 49.0 Å². The van der Waals surface area contributed by atoms with Crippen LogP contribution in [0.15, 0.2) is 30.3 Å². The first-order valence-electron chi connectivity index (χ1n) is 4.53. The lowest BCUT2D eigenvalue weighted by Crippen LogP contribution is -1.96. The molecule has 2 unspecified atom stereocenters. The Kier molecular flexibility index (Phi) is 2.40. The molecular formula is C11H14S. The Bertz CT molecular complexity index is 242. The molecular weight excluding hydrogens is 164 g/mol. The normalized spacial score (nSPS) is 29.1. The maximum absolute atomic E-state index is 2.33. The molecule has 0 aromatic heterocycles. The summed E-state index contributed by atoms with van der Waals surface area (Å²) >= 11 is 2.10. The van der Waals surface area contributed by atoms with Gasteiger partial charge in [0.2, 0.25) is 0 Å². The van der Waals surface area contributed by atoms with Crippen LogP contribution in [-0.2, 0) is 0 Å². The van der Waals surface area contributed by atoms with Crippen LogP contribution in [0.5, 0.6) is 0 Å². The zero-order chi connectivity index (χ0) is 8.39. The minimum Gasteiger partial charge on any atom is -0.158 e. The van der Waals surface area contributed by atoms with Crippen LogP contribution in [0.1, 0.15) is 24.8 Å². The lowest BCUT2D eigenvalue weighted by molar-refractivity contribution is 0.721. The highest BCUT2D eigenvalue weighted by atomic mass is 32.2. The second-order valence-corrected chi connectivity index (χ2v) is 4.96. The Hall–Kier alpha value is -0.430. The summed E-state index contributed by atoms with van der Waals surface area (Å²) in [4.78, 5) is 0. The van der Waals surface area contributed by atoms with Crippen molar-refractivity contribution >= 4 is 11.8 Å². The van der Waals surface area contributed by atoms with Crippen LogP contribution in [0.25, 0.3) is 0 Å². The van der Waals surface area contributed by atoms with Gasteiger partial charge in [-0.2, -0.15) is 11.8 Å². The van der Waals surface area contributed by atoms with Crippen molar-refractivity contribution in [2.24, 2.45) is 0 Å². The third-order valence-corrected chi connectivity index (χ3v) is 3.83. The highest BCUT2D eigenvalue weighted by Crippen LogP contribution is 2.37. The molecule has 0 radical (unpaired) electrons. The van der Waals surface area contributed by atoms with Gasteiger partial charge in [-0.05, 0) is 17.9 Å². The van der Waals surface area contributed by atoms with E-state index in [9.17, 15) is 0 Å². The maximum atomic E-state index is 2.33. The van der Waals surface area contributed by atoms with Crippen molar-refractivity contribution in [1.29, 1.82) is 0 Å². The van der Waals surface area contributed by atoms with Gasteiger partial charge < -0.3 is 0 Å². The zero-order valence-corrected chi connectivity index (χ0v) is 8.18. The minimum atomic E-state index is 0.811. The number of rotatable bonds is 1. The topological polar surface area (TPSA) is 0 Å². The molecule has 1 aromatic carbocycles. The number of hydrogen-bond donors (Lipinski definition) is 0. The molecule has 0 aliphatic carbocycles. The van der Waals surface area contributed by atoms with Gasteiger partial charge >= 0.3 is 0 Å². The molecule has 1 fully saturated rings. The largest absolute Gasteiger partial charge is 0.158 e. The molecule has 1 saturated heterocycles. The van der Waals surface area contributed by atoms with E-state index in [1.165, 1.54) is 17.7 Å². The first kappa shape index (κ1) is 8.18. The van der Waals surface area contributed by atoms with E-state index in [-0.39, 0.29) is 0 Å². The molecule has 2 rings (SSSR count). The van der Waals surface area contributed by atoms with Gasteiger partial charge in [0.15, 0.2) is 0 Å². The molecule has 0 saturated carbocycles. The van der Waals surface area contributed by atoms with Crippen molar-refractivity contribution in [3.05, 3.63) is 35.9 Å². The van der Waals surface area contributed by atoms with Gasteiger partial charge in [-0.15, -0.1) is 0 Å². The van der Waals surface area contributed by atoms with E-state index in [1.54, 1.807) is 0 Å². The number of hydrogen-bond acceptors (Lipinski definition) is 1. The van der Waals surface area contributed by atoms with Crippen molar-refractivity contribution in [3.63, 3.8) is 0 Å². The summed E-state index contributed by atoms with van der Waals surface area (Å²) in [6.45, 7) is 2.33. The molecule has 1 aliphatic rings. The fraction of sp³-hybridized carbons (Fsp3) is 0.455. The van der Waals surface area contributed by atoms with Gasteiger partial charge in [0.05, 0.1) is 0 Å². The van der Waals surface area contributed by atoms with E-state index in [1.807, 2.05) is 0 Å². The number of thioether (sulfide) groups is 1. The van der Waals surface area contributed by atoms with Crippen LogP contribution in [-0.4, -0.2) is 11.0 Å². The molecule has 64 valence electrons. The van der Waals surface area contributed by atoms with Crippen LogP contribution in [0.2, 0.25) is 0 Å². The summed E-state index contributed by atoms with van der Waals surface area (Å²) in [7, 11) is 0. The van der Waals surface area contributed by atoms with Crippen molar-refractivity contribution in [2.45, 2.75) is 24.5 Å². The molecule has 0 N–H and O–H groups in total. The van der Waals surface area contributed by atoms with E-state index in [0.29, 0.717) is 0 Å². The molecule has 0 nitrogen and oxygen atoms in total. The van der Waals surface area contributed by atoms with Gasteiger partial charge in [0.25, 0.3) is 0 Å². The standard InChI is InChI=1S/C11H14S/c1-9-7-11(8-12-9)10-5-3-2-4-6-10/h2-6,9,11H,7-8H2,1H3. The first-order valence-corrected chi connectivity index (χ1v) is 5.57. The van der Waals surface area contributed by atoms with Crippen LogP contribution in [0.3, 0.4) is 0 Å². The third-order valence-electron chi connectivity index (χ3n) is 2.47. The lowest BCUT2D eigenvalue weighted by Gasteiger charge is -2.07. The van der Waals surface area contributed by atoms with Crippen LogP contribution < -0.4 is 0 Å². The molecule has 0 amide bonds. The molecule has 0 bridgehead atoms. The second kappa shape index (κ2) is 3.53. The molecule has 1 aliphatic heterocycles. The fourth-order valence-electron chi connectivity index (χ4n) is 1.77. The maximum Gasteiger partial charge on any atom is 0.00250 e. The molecule has 12 heavy (non-hydrogen) atoms. The summed E-state index contributed by atoms with van der Waals surface area (Å²) in [5, 5.41) is 0.857. The van der Waals surface area contributed by atoms with Crippen molar-refractivity contribution in [2.75, 3.05) is 5.75 Å². The van der Waals surface area contributed by atoms with Gasteiger partial charge in [0.1, 0.15) is 0 Å². The zero-order valence-electron chi connectivity index (χ0n) is 7.36. The molecule has 1 heteroatoms. The Balaban J connectivity index is 2.11. The van der Waals surface area contributed by atoms with Gasteiger partial charge in [0, 0.05) is 11.0 Å². The first-order chi connectivity index (χ1) is 5.86. The average molecular weight is 178 g/mol. The smallest absolute Gasteiger partial charge is 0.00250 e. The van der Waals surface area contributed by atoms with Crippen LogP contribution in [0, 0.1) is 0 Å².